The summed E-state index contributed by atoms with van der Waals surface area (Å²) in [5.74, 6) is -0.116. The molecule has 0 bridgehead atoms. The largest absolute Gasteiger partial charge is 0.343 e. The molecule has 1 unspecified atom stereocenters. The fourth-order valence-corrected chi connectivity index (χ4v) is 3.79. The third-order valence-electron chi connectivity index (χ3n) is 5.47. The predicted octanol–water partition coefficient (Wildman–Crippen LogP) is 3.60. The van der Waals surface area contributed by atoms with Crippen molar-refractivity contribution >= 4 is 16.8 Å². The highest BCUT2D eigenvalue weighted by Gasteiger charge is 2.27. The predicted molar refractivity (Wildman–Crippen MR) is 105 cm³/mol. The number of rotatable bonds is 4. The van der Waals surface area contributed by atoms with E-state index in [0.29, 0.717) is 12.6 Å². The molecule has 1 amide bonds. The third-order valence-corrected chi connectivity index (χ3v) is 5.47. The van der Waals surface area contributed by atoms with E-state index in [1.54, 1.807) is 12.1 Å². The number of hydrogen-bond acceptors (Lipinski definition) is 2. The molecule has 4 nitrogen and oxygen atoms in total. The molecule has 1 saturated heterocycles. The van der Waals surface area contributed by atoms with Crippen molar-refractivity contribution < 1.29 is 9.18 Å². The van der Waals surface area contributed by atoms with Gasteiger partial charge in [0.15, 0.2) is 0 Å². The molecule has 140 valence electrons. The summed E-state index contributed by atoms with van der Waals surface area (Å²) in [6.07, 6.45) is 2.99. The van der Waals surface area contributed by atoms with Crippen molar-refractivity contribution in [3.05, 3.63) is 71.7 Å². The van der Waals surface area contributed by atoms with Gasteiger partial charge in [0, 0.05) is 48.3 Å². The summed E-state index contributed by atoms with van der Waals surface area (Å²) >= 11 is 0. The molecule has 0 saturated carbocycles. The van der Waals surface area contributed by atoms with E-state index in [9.17, 15) is 9.18 Å². The molecule has 3 aromatic rings. The van der Waals surface area contributed by atoms with Crippen molar-refractivity contribution in [1.29, 1.82) is 0 Å². The standard InChI is InChI=1S/C22H24FN3O/c1-24(2)20-10-12-26(15-20)22(27)17-5-3-16(4-6-17)14-25-11-9-18-13-19(23)7-8-21(18)25/h3-9,11,13,20H,10,12,14-15H2,1-2H3. The van der Waals surface area contributed by atoms with E-state index < -0.39 is 0 Å². The van der Waals surface area contributed by atoms with Crippen LogP contribution in [0, 0.1) is 5.82 Å². The first kappa shape index (κ1) is 17.7. The van der Waals surface area contributed by atoms with Crippen LogP contribution < -0.4 is 0 Å². The van der Waals surface area contributed by atoms with Gasteiger partial charge in [-0.05, 0) is 62.5 Å². The summed E-state index contributed by atoms with van der Waals surface area (Å²) in [6, 6.07) is 15.0. The summed E-state index contributed by atoms with van der Waals surface area (Å²) in [5.41, 5.74) is 2.85. The Kier molecular flexibility index (Phi) is 4.70. The Morgan fingerprint density at radius 2 is 1.93 bits per heavy atom. The minimum absolute atomic E-state index is 0.104. The van der Waals surface area contributed by atoms with Crippen LogP contribution in [0.15, 0.2) is 54.7 Å². The lowest BCUT2D eigenvalue weighted by molar-refractivity contribution is 0.0783. The van der Waals surface area contributed by atoms with Gasteiger partial charge in [0.05, 0.1) is 0 Å². The number of amides is 1. The van der Waals surface area contributed by atoms with E-state index in [1.165, 1.54) is 6.07 Å². The van der Waals surface area contributed by atoms with E-state index >= 15 is 0 Å². The van der Waals surface area contributed by atoms with Crippen LogP contribution >= 0.6 is 0 Å². The SMILES string of the molecule is CN(C)C1CCN(C(=O)c2ccc(Cn3ccc4cc(F)ccc43)cc2)C1. The molecule has 0 N–H and O–H groups in total. The Balaban J connectivity index is 1.46. The lowest BCUT2D eigenvalue weighted by atomic mass is 10.1. The number of aromatic nitrogens is 1. The zero-order valence-electron chi connectivity index (χ0n) is 15.7. The molecule has 1 aromatic heterocycles. The van der Waals surface area contributed by atoms with Crippen LogP contribution in [0.5, 0.6) is 0 Å². The highest BCUT2D eigenvalue weighted by Crippen LogP contribution is 2.20. The van der Waals surface area contributed by atoms with Crippen LogP contribution in [0.4, 0.5) is 4.39 Å². The van der Waals surface area contributed by atoms with Crippen molar-refractivity contribution in [3.8, 4) is 0 Å². The number of hydrogen-bond donors (Lipinski definition) is 0. The van der Waals surface area contributed by atoms with Crippen molar-refractivity contribution in [3.63, 3.8) is 0 Å². The van der Waals surface area contributed by atoms with Crippen molar-refractivity contribution in [2.75, 3.05) is 27.2 Å². The van der Waals surface area contributed by atoms with Gasteiger partial charge in [-0.25, -0.2) is 4.39 Å². The molecule has 2 aromatic carbocycles. The smallest absolute Gasteiger partial charge is 0.253 e. The number of halogens is 1. The zero-order valence-corrected chi connectivity index (χ0v) is 15.7. The highest BCUT2D eigenvalue weighted by atomic mass is 19.1. The molecule has 1 aliphatic heterocycles. The average molecular weight is 365 g/mol. The van der Waals surface area contributed by atoms with Gasteiger partial charge in [-0.15, -0.1) is 0 Å². The fourth-order valence-electron chi connectivity index (χ4n) is 3.79. The fraction of sp³-hybridized carbons (Fsp3) is 0.318. The average Bonchev–Trinajstić information content (AvgIpc) is 3.29. The minimum Gasteiger partial charge on any atom is -0.343 e. The van der Waals surface area contributed by atoms with Gasteiger partial charge < -0.3 is 14.4 Å². The number of fused-ring (bicyclic) bond motifs is 1. The van der Waals surface area contributed by atoms with Crippen LogP contribution in [0.3, 0.4) is 0 Å². The molecule has 2 heterocycles. The minimum atomic E-state index is -0.221. The first-order chi connectivity index (χ1) is 13.0. The molecule has 5 heteroatoms. The van der Waals surface area contributed by atoms with Crippen molar-refractivity contribution in [2.24, 2.45) is 0 Å². The van der Waals surface area contributed by atoms with Gasteiger partial charge in [0.25, 0.3) is 5.91 Å². The lowest BCUT2D eigenvalue weighted by Crippen LogP contribution is -2.34. The van der Waals surface area contributed by atoms with E-state index in [2.05, 4.69) is 23.6 Å². The molecule has 1 atom stereocenters. The number of likely N-dealkylation sites (tertiary alicyclic amines) is 1. The van der Waals surface area contributed by atoms with Crippen molar-refractivity contribution in [2.45, 2.75) is 19.0 Å². The molecule has 0 aliphatic carbocycles. The van der Waals surface area contributed by atoms with Gasteiger partial charge in [0.1, 0.15) is 5.82 Å². The maximum absolute atomic E-state index is 13.3. The number of carbonyl (C=O) groups is 1. The van der Waals surface area contributed by atoms with E-state index in [4.69, 9.17) is 0 Å². The van der Waals surface area contributed by atoms with Gasteiger partial charge >= 0.3 is 0 Å². The quantitative estimate of drug-likeness (QED) is 0.707. The lowest BCUT2D eigenvalue weighted by Gasteiger charge is -2.20. The second-order valence-electron chi connectivity index (χ2n) is 7.50. The van der Waals surface area contributed by atoms with Crippen LogP contribution in [-0.4, -0.2) is 53.5 Å². The Labute approximate surface area is 158 Å². The van der Waals surface area contributed by atoms with E-state index in [1.807, 2.05) is 41.4 Å². The summed E-state index contributed by atoms with van der Waals surface area (Å²) < 4.78 is 15.4. The maximum atomic E-state index is 13.3. The van der Waals surface area contributed by atoms with E-state index in [-0.39, 0.29) is 11.7 Å². The Bertz CT molecular complexity index is 961. The van der Waals surface area contributed by atoms with Gasteiger partial charge in [-0.2, -0.15) is 0 Å². The molecule has 1 aliphatic rings. The van der Waals surface area contributed by atoms with Crippen LogP contribution in [0.25, 0.3) is 10.9 Å². The topological polar surface area (TPSA) is 28.5 Å². The Morgan fingerprint density at radius 1 is 1.15 bits per heavy atom. The molecule has 4 rings (SSSR count). The molecule has 1 fully saturated rings. The first-order valence-electron chi connectivity index (χ1n) is 9.30. The normalized spacial score (nSPS) is 17.2. The number of nitrogens with zero attached hydrogens (tertiary/aromatic N) is 3. The summed E-state index contributed by atoms with van der Waals surface area (Å²) in [4.78, 5) is 16.8. The van der Waals surface area contributed by atoms with Gasteiger partial charge in [0.2, 0.25) is 0 Å². The Morgan fingerprint density at radius 3 is 2.63 bits per heavy atom. The molecular formula is C22H24FN3O. The molecular weight excluding hydrogens is 341 g/mol. The van der Waals surface area contributed by atoms with Crippen LogP contribution in [-0.2, 0) is 6.54 Å². The second kappa shape index (κ2) is 7.16. The van der Waals surface area contributed by atoms with Gasteiger partial charge in [-0.3, -0.25) is 4.79 Å². The third kappa shape index (κ3) is 3.60. The number of likely N-dealkylation sites (N-methyl/N-ethyl adjacent to an activating group) is 1. The molecule has 27 heavy (non-hydrogen) atoms. The molecule has 0 spiro atoms. The number of benzene rings is 2. The number of carbonyl (C=O) groups excluding carboxylic acids is 1. The monoisotopic (exact) mass is 365 g/mol. The highest BCUT2D eigenvalue weighted by molar-refractivity contribution is 5.94. The summed E-state index contributed by atoms with van der Waals surface area (Å²) in [6.45, 7) is 2.30. The summed E-state index contributed by atoms with van der Waals surface area (Å²) in [7, 11) is 4.12. The first-order valence-corrected chi connectivity index (χ1v) is 9.30. The molecule has 0 radical (unpaired) electrons. The Hall–Kier alpha value is -2.66. The van der Waals surface area contributed by atoms with E-state index in [0.717, 1.165) is 41.5 Å². The second-order valence-corrected chi connectivity index (χ2v) is 7.50. The summed E-state index contributed by atoms with van der Waals surface area (Å²) in [5, 5.41) is 0.895. The van der Waals surface area contributed by atoms with Gasteiger partial charge in [-0.1, -0.05) is 12.1 Å². The van der Waals surface area contributed by atoms with Crippen LogP contribution in [0.1, 0.15) is 22.3 Å². The zero-order chi connectivity index (χ0) is 19.0. The van der Waals surface area contributed by atoms with Crippen LogP contribution in [0.2, 0.25) is 0 Å². The van der Waals surface area contributed by atoms with Crippen molar-refractivity contribution in [1.82, 2.24) is 14.4 Å². The maximum Gasteiger partial charge on any atom is 0.253 e.